The number of piperidine rings is 1. The minimum Gasteiger partial charge on any atom is -0.393 e. The van der Waals surface area contributed by atoms with Crippen LogP contribution in [0.25, 0.3) is 0 Å². The van der Waals surface area contributed by atoms with Crippen molar-refractivity contribution in [3.63, 3.8) is 0 Å². The fourth-order valence-corrected chi connectivity index (χ4v) is 3.31. The van der Waals surface area contributed by atoms with E-state index in [-0.39, 0.29) is 6.10 Å². The predicted octanol–water partition coefficient (Wildman–Crippen LogP) is 1.95. The second-order valence-corrected chi connectivity index (χ2v) is 6.05. The highest BCUT2D eigenvalue weighted by atomic mass is 79.9. The molecule has 1 fully saturated rings. The van der Waals surface area contributed by atoms with Crippen LogP contribution in [-0.2, 0) is 20.0 Å². The summed E-state index contributed by atoms with van der Waals surface area (Å²) in [4.78, 5) is 2.40. The Bertz CT molecular complexity index is 419. The standard InChI is InChI=1S/C13H22BrN3O/c1-4-10-13(14)11(16(3)15-10)8-17-6-5-12(18)9(2)7-17/h9,12,18H,4-8H2,1-3H3. The predicted molar refractivity (Wildman–Crippen MR) is 75.4 cm³/mol. The number of aryl methyl sites for hydroxylation is 2. The molecule has 0 aromatic carbocycles. The number of halogens is 1. The Labute approximate surface area is 117 Å². The Hall–Kier alpha value is -0.390. The third kappa shape index (κ3) is 2.78. The third-order valence-electron chi connectivity index (χ3n) is 3.82. The number of hydrogen-bond donors (Lipinski definition) is 1. The Kier molecular flexibility index (Phi) is 4.45. The van der Waals surface area contributed by atoms with Crippen LogP contribution in [-0.4, -0.2) is 39.0 Å². The quantitative estimate of drug-likeness (QED) is 0.927. The molecular formula is C13H22BrN3O. The average molecular weight is 316 g/mol. The molecule has 0 amide bonds. The number of aromatic nitrogens is 2. The first-order valence-corrected chi connectivity index (χ1v) is 7.42. The van der Waals surface area contributed by atoms with Gasteiger partial charge in [-0.15, -0.1) is 0 Å². The number of aliphatic hydroxyl groups is 1. The molecule has 4 nitrogen and oxygen atoms in total. The first-order valence-electron chi connectivity index (χ1n) is 6.63. The Balaban J connectivity index is 2.08. The van der Waals surface area contributed by atoms with E-state index in [1.807, 2.05) is 11.7 Å². The highest BCUT2D eigenvalue weighted by molar-refractivity contribution is 9.10. The maximum absolute atomic E-state index is 9.76. The molecule has 1 aromatic heterocycles. The minimum absolute atomic E-state index is 0.137. The average Bonchev–Trinajstić information content (AvgIpc) is 2.61. The molecule has 1 aromatic rings. The lowest BCUT2D eigenvalue weighted by atomic mass is 9.97. The molecule has 1 saturated heterocycles. The molecule has 0 saturated carbocycles. The first-order chi connectivity index (χ1) is 8.52. The van der Waals surface area contributed by atoms with Gasteiger partial charge in [-0.3, -0.25) is 9.58 Å². The van der Waals surface area contributed by atoms with Crippen LogP contribution < -0.4 is 0 Å². The molecule has 2 heterocycles. The van der Waals surface area contributed by atoms with Gasteiger partial charge in [-0.1, -0.05) is 13.8 Å². The molecule has 2 atom stereocenters. The van der Waals surface area contributed by atoms with Crippen molar-refractivity contribution < 1.29 is 5.11 Å². The summed E-state index contributed by atoms with van der Waals surface area (Å²) >= 11 is 3.66. The Morgan fingerprint density at radius 1 is 1.50 bits per heavy atom. The molecule has 0 bridgehead atoms. The van der Waals surface area contributed by atoms with Gasteiger partial charge in [-0.05, 0) is 34.7 Å². The van der Waals surface area contributed by atoms with Crippen molar-refractivity contribution in [1.29, 1.82) is 0 Å². The molecule has 1 aliphatic heterocycles. The van der Waals surface area contributed by atoms with Gasteiger partial charge in [0.25, 0.3) is 0 Å². The first kappa shape index (κ1) is 14.0. The lowest BCUT2D eigenvalue weighted by Gasteiger charge is -2.34. The van der Waals surface area contributed by atoms with E-state index in [1.54, 1.807) is 0 Å². The van der Waals surface area contributed by atoms with Crippen LogP contribution in [0.4, 0.5) is 0 Å². The zero-order valence-electron chi connectivity index (χ0n) is 11.4. The van der Waals surface area contributed by atoms with E-state index in [0.29, 0.717) is 5.92 Å². The van der Waals surface area contributed by atoms with Gasteiger partial charge in [-0.25, -0.2) is 0 Å². The Morgan fingerprint density at radius 2 is 2.22 bits per heavy atom. The lowest BCUT2D eigenvalue weighted by Crippen LogP contribution is -2.41. The number of aliphatic hydroxyl groups excluding tert-OH is 1. The normalized spacial score (nSPS) is 25.6. The zero-order chi connectivity index (χ0) is 13.3. The molecule has 102 valence electrons. The molecule has 1 aliphatic rings. The molecule has 2 unspecified atom stereocenters. The van der Waals surface area contributed by atoms with Crippen molar-refractivity contribution in [2.75, 3.05) is 13.1 Å². The van der Waals surface area contributed by atoms with Crippen LogP contribution in [0.3, 0.4) is 0 Å². The fraction of sp³-hybridized carbons (Fsp3) is 0.769. The van der Waals surface area contributed by atoms with Crippen molar-refractivity contribution in [3.05, 3.63) is 15.9 Å². The second kappa shape index (κ2) is 5.72. The Morgan fingerprint density at radius 3 is 2.78 bits per heavy atom. The smallest absolute Gasteiger partial charge is 0.0767 e. The monoisotopic (exact) mass is 315 g/mol. The van der Waals surface area contributed by atoms with E-state index in [4.69, 9.17) is 0 Å². The summed E-state index contributed by atoms with van der Waals surface area (Å²) in [6.07, 6.45) is 1.68. The van der Waals surface area contributed by atoms with Gasteiger partial charge >= 0.3 is 0 Å². The number of rotatable bonds is 3. The maximum Gasteiger partial charge on any atom is 0.0767 e. The number of likely N-dealkylation sites (tertiary alicyclic amines) is 1. The molecule has 0 radical (unpaired) electrons. The van der Waals surface area contributed by atoms with Gasteiger partial charge in [0.1, 0.15) is 0 Å². The second-order valence-electron chi connectivity index (χ2n) is 5.25. The molecule has 5 heteroatoms. The molecule has 2 rings (SSSR count). The highest BCUT2D eigenvalue weighted by Crippen LogP contribution is 2.25. The highest BCUT2D eigenvalue weighted by Gasteiger charge is 2.25. The van der Waals surface area contributed by atoms with Gasteiger partial charge in [0, 0.05) is 26.7 Å². The molecule has 0 spiro atoms. The summed E-state index contributed by atoms with van der Waals surface area (Å²) in [5.41, 5.74) is 2.35. The van der Waals surface area contributed by atoms with Crippen LogP contribution >= 0.6 is 15.9 Å². The number of nitrogens with zero attached hydrogens (tertiary/aromatic N) is 3. The summed E-state index contributed by atoms with van der Waals surface area (Å²) in [7, 11) is 2.00. The van der Waals surface area contributed by atoms with E-state index < -0.39 is 0 Å². The summed E-state index contributed by atoms with van der Waals surface area (Å²) in [6.45, 7) is 7.06. The minimum atomic E-state index is -0.137. The van der Waals surface area contributed by atoms with Crippen molar-refractivity contribution in [1.82, 2.24) is 14.7 Å². The van der Waals surface area contributed by atoms with Crippen LogP contribution in [0.15, 0.2) is 4.47 Å². The van der Waals surface area contributed by atoms with Crippen molar-refractivity contribution in [2.24, 2.45) is 13.0 Å². The van der Waals surface area contributed by atoms with Gasteiger partial charge in [0.15, 0.2) is 0 Å². The van der Waals surface area contributed by atoms with E-state index in [1.165, 1.54) is 5.69 Å². The molecule has 18 heavy (non-hydrogen) atoms. The van der Waals surface area contributed by atoms with Gasteiger partial charge < -0.3 is 5.11 Å². The van der Waals surface area contributed by atoms with Gasteiger partial charge in [0.2, 0.25) is 0 Å². The summed E-state index contributed by atoms with van der Waals surface area (Å²) in [5.74, 6) is 0.358. The van der Waals surface area contributed by atoms with Crippen molar-refractivity contribution in [2.45, 2.75) is 39.3 Å². The lowest BCUT2D eigenvalue weighted by molar-refractivity contribution is 0.0311. The maximum atomic E-state index is 9.76. The van der Waals surface area contributed by atoms with Crippen molar-refractivity contribution >= 4 is 15.9 Å². The van der Waals surface area contributed by atoms with E-state index in [2.05, 4.69) is 39.8 Å². The van der Waals surface area contributed by atoms with E-state index in [9.17, 15) is 5.11 Å². The van der Waals surface area contributed by atoms with Gasteiger partial charge in [0.05, 0.1) is 22.0 Å². The SMILES string of the molecule is CCc1nn(C)c(CN2CCC(O)C(C)C2)c1Br. The fourth-order valence-electron chi connectivity index (χ4n) is 2.57. The van der Waals surface area contributed by atoms with Crippen LogP contribution in [0.5, 0.6) is 0 Å². The summed E-state index contributed by atoms with van der Waals surface area (Å²) in [5, 5.41) is 14.3. The van der Waals surface area contributed by atoms with Crippen LogP contribution in [0.2, 0.25) is 0 Å². The summed E-state index contributed by atoms with van der Waals surface area (Å²) in [6, 6.07) is 0. The molecule has 1 N–H and O–H groups in total. The summed E-state index contributed by atoms with van der Waals surface area (Å²) < 4.78 is 3.12. The van der Waals surface area contributed by atoms with Crippen LogP contribution in [0.1, 0.15) is 31.7 Å². The van der Waals surface area contributed by atoms with E-state index >= 15 is 0 Å². The van der Waals surface area contributed by atoms with Crippen LogP contribution in [0, 0.1) is 5.92 Å². The van der Waals surface area contributed by atoms with Crippen molar-refractivity contribution in [3.8, 4) is 0 Å². The molecular weight excluding hydrogens is 294 g/mol. The van der Waals surface area contributed by atoms with E-state index in [0.717, 1.165) is 42.6 Å². The zero-order valence-corrected chi connectivity index (χ0v) is 12.9. The third-order valence-corrected chi connectivity index (χ3v) is 4.74. The molecule has 0 aliphatic carbocycles. The topological polar surface area (TPSA) is 41.3 Å². The number of hydrogen-bond acceptors (Lipinski definition) is 3. The largest absolute Gasteiger partial charge is 0.393 e. The van der Waals surface area contributed by atoms with Gasteiger partial charge in [-0.2, -0.15) is 5.10 Å².